The van der Waals surface area contributed by atoms with E-state index in [1.54, 1.807) is 6.92 Å². The first-order chi connectivity index (χ1) is 9.31. The summed E-state index contributed by atoms with van der Waals surface area (Å²) < 4.78 is 37.8. The molecule has 1 aromatic rings. The van der Waals surface area contributed by atoms with Crippen LogP contribution in [0.3, 0.4) is 0 Å². The van der Waals surface area contributed by atoms with Gasteiger partial charge >= 0.3 is 6.18 Å². The lowest BCUT2D eigenvalue weighted by Gasteiger charge is -2.16. The predicted octanol–water partition coefficient (Wildman–Crippen LogP) is 5.41. The number of carbonyl (C=O) groups is 1. The highest BCUT2D eigenvalue weighted by Gasteiger charge is 2.31. The average Bonchev–Trinajstić information content (AvgIpc) is 2.36. The first-order valence-electron chi connectivity index (χ1n) is 7.03. The number of carbonyl (C=O) groups excluding carboxylic acids is 1. The van der Waals surface area contributed by atoms with E-state index >= 15 is 0 Å². The van der Waals surface area contributed by atoms with E-state index in [1.807, 2.05) is 13.8 Å². The number of hydrogen-bond acceptors (Lipinski definition) is 1. The Labute approximate surface area is 118 Å². The van der Waals surface area contributed by atoms with Crippen LogP contribution in [-0.4, -0.2) is 5.78 Å². The van der Waals surface area contributed by atoms with Crippen molar-refractivity contribution < 1.29 is 18.0 Å². The maximum atomic E-state index is 12.6. The molecule has 0 fully saturated rings. The molecule has 0 unspecified atom stereocenters. The number of benzene rings is 1. The topological polar surface area (TPSA) is 17.1 Å². The molecule has 4 heteroatoms. The van der Waals surface area contributed by atoms with Crippen LogP contribution in [0, 0.1) is 12.8 Å². The summed E-state index contributed by atoms with van der Waals surface area (Å²) in [6.07, 6.45) is -0.995. The molecule has 0 aliphatic carbocycles. The quantitative estimate of drug-likeness (QED) is 0.639. The van der Waals surface area contributed by atoms with Crippen molar-refractivity contribution in [3.63, 3.8) is 0 Å². The minimum atomic E-state index is -4.36. The standard InChI is InChI=1S/C16H21F3O/c1-4-6-12(7-5-2)15(20)14-9-8-13(10-11(14)3)16(17,18)19/h8-10,12H,4-7H2,1-3H3. The summed E-state index contributed by atoms with van der Waals surface area (Å²) in [7, 11) is 0. The van der Waals surface area contributed by atoms with Gasteiger partial charge in [0.2, 0.25) is 0 Å². The molecular formula is C16H21F3O. The van der Waals surface area contributed by atoms with Crippen molar-refractivity contribution in [2.75, 3.05) is 0 Å². The molecule has 0 radical (unpaired) electrons. The van der Waals surface area contributed by atoms with Gasteiger partial charge in [0, 0.05) is 11.5 Å². The largest absolute Gasteiger partial charge is 0.416 e. The van der Waals surface area contributed by atoms with Crippen LogP contribution in [0.15, 0.2) is 18.2 Å². The van der Waals surface area contributed by atoms with Crippen LogP contribution in [0.5, 0.6) is 0 Å². The molecule has 1 nitrogen and oxygen atoms in total. The van der Waals surface area contributed by atoms with Gasteiger partial charge in [-0.2, -0.15) is 13.2 Å². The summed E-state index contributed by atoms with van der Waals surface area (Å²) in [6, 6.07) is 3.37. The third-order valence-electron chi connectivity index (χ3n) is 3.46. The predicted molar refractivity (Wildman–Crippen MR) is 73.8 cm³/mol. The fourth-order valence-electron chi connectivity index (χ4n) is 2.44. The second-order valence-corrected chi connectivity index (χ2v) is 5.17. The van der Waals surface area contributed by atoms with Crippen molar-refractivity contribution in [1.29, 1.82) is 0 Å². The molecule has 0 bridgehead atoms. The zero-order valence-electron chi connectivity index (χ0n) is 12.2. The summed E-state index contributed by atoms with van der Waals surface area (Å²) in [4.78, 5) is 12.4. The lowest BCUT2D eigenvalue weighted by atomic mass is 9.87. The summed E-state index contributed by atoms with van der Waals surface area (Å²) >= 11 is 0. The molecule has 1 aromatic carbocycles. The Morgan fingerprint density at radius 2 is 1.70 bits per heavy atom. The average molecular weight is 286 g/mol. The number of aryl methyl sites for hydroxylation is 1. The molecule has 0 aliphatic heterocycles. The van der Waals surface area contributed by atoms with Gasteiger partial charge in [0.15, 0.2) is 5.78 Å². The maximum Gasteiger partial charge on any atom is 0.416 e. The van der Waals surface area contributed by atoms with E-state index in [-0.39, 0.29) is 11.7 Å². The van der Waals surface area contributed by atoms with Crippen LogP contribution in [-0.2, 0) is 6.18 Å². The van der Waals surface area contributed by atoms with E-state index in [1.165, 1.54) is 6.07 Å². The summed E-state index contributed by atoms with van der Waals surface area (Å²) in [5.74, 6) is -0.111. The van der Waals surface area contributed by atoms with E-state index in [9.17, 15) is 18.0 Å². The van der Waals surface area contributed by atoms with Crippen LogP contribution in [0.25, 0.3) is 0 Å². The minimum absolute atomic E-state index is 0.0278. The number of ketones is 1. The molecule has 112 valence electrons. The van der Waals surface area contributed by atoms with Crippen molar-refractivity contribution in [2.24, 2.45) is 5.92 Å². The summed E-state index contributed by atoms with van der Waals surface area (Å²) in [5, 5.41) is 0. The Morgan fingerprint density at radius 3 is 2.10 bits per heavy atom. The number of halogens is 3. The van der Waals surface area contributed by atoms with Gasteiger partial charge in [-0.25, -0.2) is 0 Å². The minimum Gasteiger partial charge on any atom is -0.294 e. The number of rotatable bonds is 6. The molecule has 0 amide bonds. The number of hydrogen-bond donors (Lipinski definition) is 0. The molecular weight excluding hydrogens is 265 g/mol. The maximum absolute atomic E-state index is 12.6. The van der Waals surface area contributed by atoms with Gasteiger partial charge in [-0.1, -0.05) is 32.8 Å². The highest BCUT2D eigenvalue weighted by molar-refractivity contribution is 5.99. The second kappa shape index (κ2) is 6.91. The van der Waals surface area contributed by atoms with Crippen LogP contribution in [0.2, 0.25) is 0 Å². The number of alkyl halides is 3. The van der Waals surface area contributed by atoms with E-state index in [4.69, 9.17) is 0 Å². The lowest BCUT2D eigenvalue weighted by molar-refractivity contribution is -0.137. The van der Waals surface area contributed by atoms with Gasteiger partial charge in [0.05, 0.1) is 5.56 Å². The lowest BCUT2D eigenvalue weighted by Crippen LogP contribution is -2.16. The summed E-state index contributed by atoms with van der Waals surface area (Å²) in [6.45, 7) is 5.59. The van der Waals surface area contributed by atoms with Gasteiger partial charge in [0.1, 0.15) is 0 Å². The smallest absolute Gasteiger partial charge is 0.294 e. The van der Waals surface area contributed by atoms with Crippen molar-refractivity contribution in [3.05, 3.63) is 34.9 Å². The van der Waals surface area contributed by atoms with E-state index in [0.717, 1.165) is 37.8 Å². The van der Waals surface area contributed by atoms with E-state index in [2.05, 4.69) is 0 Å². The first kappa shape index (κ1) is 16.7. The van der Waals surface area contributed by atoms with Gasteiger partial charge in [0.25, 0.3) is 0 Å². The molecule has 0 atom stereocenters. The Hall–Kier alpha value is -1.32. The fourth-order valence-corrected chi connectivity index (χ4v) is 2.44. The van der Waals surface area contributed by atoms with Crippen molar-refractivity contribution in [2.45, 2.75) is 52.6 Å². The zero-order chi connectivity index (χ0) is 15.3. The van der Waals surface area contributed by atoms with Gasteiger partial charge < -0.3 is 0 Å². The Bertz CT molecular complexity index is 457. The SMILES string of the molecule is CCCC(CCC)C(=O)c1ccc(C(F)(F)F)cc1C. The normalized spacial score (nSPS) is 11.9. The van der Waals surface area contributed by atoms with Crippen LogP contribution < -0.4 is 0 Å². The summed E-state index contributed by atoms with van der Waals surface area (Å²) in [5.41, 5.74) is 0.126. The van der Waals surface area contributed by atoms with Gasteiger partial charge in [-0.3, -0.25) is 4.79 Å². The van der Waals surface area contributed by atoms with Gasteiger partial charge in [-0.15, -0.1) is 0 Å². The first-order valence-corrected chi connectivity index (χ1v) is 7.03. The Balaban J connectivity index is 3.04. The monoisotopic (exact) mass is 286 g/mol. The molecule has 0 spiro atoms. The second-order valence-electron chi connectivity index (χ2n) is 5.17. The Kier molecular flexibility index (Phi) is 5.78. The highest BCUT2D eigenvalue weighted by Crippen LogP contribution is 2.31. The van der Waals surface area contributed by atoms with Crippen LogP contribution >= 0.6 is 0 Å². The van der Waals surface area contributed by atoms with Crippen molar-refractivity contribution >= 4 is 5.78 Å². The molecule has 0 saturated heterocycles. The Morgan fingerprint density at radius 1 is 1.15 bits per heavy atom. The molecule has 20 heavy (non-hydrogen) atoms. The third-order valence-corrected chi connectivity index (χ3v) is 3.46. The van der Waals surface area contributed by atoms with E-state index in [0.29, 0.717) is 11.1 Å². The molecule has 0 aromatic heterocycles. The van der Waals surface area contributed by atoms with Crippen LogP contribution in [0.1, 0.15) is 61.0 Å². The third kappa shape index (κ3) is 4.09. The van der Waals surface area contributed by atoms with Crippen LogP contribution in [0.4, 0.5) is 13.2 Å². The van der Waals surface area contributed by atoms with Gasteiger partial charge in [-0.05, 0) is 37.5 Å². The number of Topliss-reactive ketones (excluding diaryl/α,β-unsaturated/α-hetero) is 1. The van der Waals surface area contributed by atoms with E-state index < -0.39 is 11.7 Å². The molecule has 0 N–H and O–H groups in total. The molecule has 1 rings (SSSR count). The highest BCUT2D eigenvalue weighted by atomic mass is 19.4. The van der Waals surface area contributed by atoms with Crippen molar-refractivity contribution in [1.82, 2.24) is 0 Å². The molecule has 0 saturated carbocycles. The molecule has 0 heterocycles. The zero-order valence-corrected chi connectivity index (χ0v) is 12.2. The fraction of sp³-hybridized carbons (Fsp3) is 0.562. The van der Waals surface area contributed by atoms with Crippen molar-refractivity contribution in [3.8, 4) is 0 Å². The molecule has 0 aliphatic rings.